The molecule has 0 N–H and O–H groups in total. The summed E-state index contributed by atoms with van der Waals surface area (Å²) in [5, 5.41) is 4.22. The third-order valence-electron chi connectivity index (χ3n) is 5.31. The van der Waals surface area contributed by atoms with Crippen LogP contribution in [0, 0.1) is 0 Å². The number of alkyl halides is 3. The Hall–Kier alpha value is -3.24. The summed E-state index contributed by atoms with van der Waals surface area (Å²) >= 11 is 0. The molecule has 0 aliphatic carbocycles. The van der Waals surface area contributed by atoms with Gasteiger partial charge in [-0.05, 0) is 31.7 Å². The molecule has 31 heavy (non-hydrogen) atoms. The molecule has 1 atom stereocenters. The zero-order chi connectivity index (χ0) is 22.2. The Balaban J connectivity index is 1.73. The summed E-state index contributed by atoms with van der Waals surface area (Å²) in [4.78, 5) is 26.9. The Kier molecular flexibility index (Phi) is 5.50. The smallest absolute Gasteiger partial charge is 0.433 e. The van der Waals surface area contributed by atoms with Crippen LogP contribution in [0.4, 0.5) is 13.2 Å². The first-order valence-electron chi connectivity index (χ1n) is 9.95. The number of aromatic nitrogens is 5. The van der Waals surface area contributed by atoms with E-state index in [0.717, 1.165) is 23.4 Å². The molecule has 1 amide bonds. The number of nitrogens with zero attached hydrogens (tertiary/aromatic N) is 6. The Morgan fingerprint density at radius 3 is 2.61 bits per heavy atom. The van der Waals surface area contributed by atoms with Gasteiger partial charge in [-0.3, -0.25) is 4.79 Å². The van der Waals surface area contributed by atoms with Crippen LogP contribution < -0.4 is 4.74 Å². The number of piperidine rings is 1. The molecule has 1 aliphatic heterocycles. The highest BCUT2D eigenvalue weighted by Gasteiger charge is 2.36. The second-order valence-electron chi connectivity index (χ2n) is 7.29. The maximum Gasteiger partial charge on any atom is 0.433 e. The molecule has 1 fully saturated rings. The molecule has 1 saturated heterocycles. The van der Waals surface area contributed by atoms with E-state index in [1.807, 2.05) is 0 Å². The molecular weight excluding hydrogens is 413 g/mol. The monoisotopic (exact) mass is 434 g/mol. The van der Waals surface area contributed by atoms with E-state index < -0.39 is 17.9 Å². The summed E-state index contributed by atoms with van der Waals surface area (Å²) in [6.45, 7) is 2.21. The molecule has 0 bridgehead atoms. The number of ether oxygens (including phenoxy) is 1. The van der Waals surface area contributed by atoms with E-state index in [2.05, 4.69) is 20.1 Å². The van der Waals surface area contributed by atoms with Gasteiger partial charge in [-0.1, -0.05) is 6.92 Å². The molecule has 3 aromatic heterocycles. The number of carbonyl (C=O) groups excluding carboxylic acids is 1. The lowest BCUT2D eigenvalue weighted by Crippen LogP contribution is -2.38. The molecule has 0 radical (unpaired) electrons. The first-order chi connectivity index (χ1) is 14.8. The lowest BCUT2D eigenvalue weighted by atomic mass is 9.98. The van der Waals surface area contributed by atoms with Gasteiger partial charge >= 0.3 is 12.2 Å². The normalized spacial score (nSPS) is 17.2. The fourth-order valence-electron chi connectivity index (χ4n) is 3.77. The number of likely N-dealkylation sites (tertiary alicyclic amines) is 1. The number of halogens is 3. The van der Waals surface area contributed by atoms with Crippen molar-refractivity contribution in [2.45, 2.75) is 44.8 Å². The topological polar surface area (TPSA) is 85.5 Å². The lowest BCUT2D eigenvalue weighted by molar-refractivity contribution is -0.142. The number of carbonyl (C=O) groups is 1. The van der Waals surface area contributed by atoms with Crippen molar-refractivity contribution in [3.63, 3.8) is 0 Å². The standard InChI is InChI=1S/C20H21F3N6O2/c1-3-13-8-16(20(21,22)23)29-17(26-13)9-14(27-29)15-6-4-5-7-28(15)18(30)12-10-24-19(31-2)25-11-12/h8-11,15H,3-7H2,1-2H3. The summed E-state index contributed by atoms with van der Waals surface area (Å²) in [5.41, 5.74) is 0.232. The molecule has 1 aliphatic rings. The van der Waals surface area contributed by atoms with Crippen molar-refractivity contribution in [1.82, 2.24) is 29.5 Å². The molecule has 1 unspecified atom stereocenters. The number of methoxy groups -OCH3 is 1. The zero-order valence-electron chi connectivity index (χ0n) is 17.1. The van der Waals surface area contributed by atoms with E-state index in [9.17, 15) is 18.0 Å². The zero-order valence-corrected chi connectivity index (χ0v) is 17.1. The Morgan fingerprint density at radius 1 is 1.23 bits per heavy atom. The highest BCUT2D eigenvalue weighted by atomic mass is 19.4. The van der Waals surface area contributed by atoms with Crippen LogP contribution in [0.25, 0.3) is 5.65 Å². The Morgan fingerprint density at radius 2 is 1.97 bits per heavy atom. The molecular formula is C20H21F3N6O2. The van der Waals surface area contributed by atoms with Crippen LogP contribution in [0.1, 0.15) is 59.7 Å². The molecule has 0 spiro atoms. The van der Waals surface area contributed by atoms with Crippen LogP contribution in [-0.2, 0) is 12.6 Å². The average molecular weight is 434 g/mol. The van der Waals surface area contributed by atoms with Gasteiger partial charge < -0.3 is 9.64 Å². The minimum absolute atomic E-state index is 0.118. The van der Waals surface area contributed by atoms with Crippen molar-refractivity contribution in [2.24, 2.45) is 0 Å². The summed E-state index contributed by atoms with van der Waals surface area (Å²) in [5.74, 6) is -0.303. The quantitative estimate of drug-likeness (QED) is 0.625. The van der Waals surface area contributed by atoms with Crippen LogP contribution in [0.3, 0.4) is 0 Å². The van der Waals surface area contributed by atoms with Gasteiger partial charge in [0.2, 0.25) is 0 Å². The highest BCUT2D eigenvalue weighted by Crippen LogP contribution is 2.34. The molecule has 0 saturated carbocycles. The van der Waals surface area contributed by atoms with Crippen LogP contribution >= 0.6 is 0 Å². The maximum absolute atomic E-state index is 13.6. The molecule has 4 rings (SSSR count). The molecule has 0 aromatic carbocycles. The predicted molar refractivity (Wildman–Crippen MR) is 104 cm³/mol. The SMILES string of the molecule is CCc1cc(C(F)(F)F)n2nc(C3CCCCN3C(=O)c3cnc(OC)nc3)cc2n1. The van der Waals surface area contributed by atoms with Gasteiger partial charge in [0.25, 0.3) is 5.91 Å². The third kappa shape index (κ3) is 4.04. The number of aryl methyl sites for hydroxylation is 1. The van der Waals surface area contributed by atoms with E-state index in [1.54, 1.807) is 11.8 Å². The molecule has 4 heterocycles. The molecule has 3 aromatic rings. The predicted octanol–water partition coefficient (Wildman–Crippen LogP) is 3.48. The number of hydrogen-bond donors (Lipinski definition) is 0. The van der Waals surface area contributed by atoms with E-state index >= 15 is 0 Å². The first-order valence-corrected chi connectivity index (χ1v) is 9.95. The van der Waals surface area contributed by atoms with E-state index in [-0.39, 0.29) is 23.1 Å². The fourth-order valence-corrected chi connectivity index (χ4v) is 3.77. The van der Waals surface area contributed by atoms with Crippen molar-refractivity contribution in [2.75, 3.05) is 13.7 Å². The van der Waals surface area contributed by atoms with Gasteiger partial charge in [0, 0.05) is 30.7 Å². The van der Waals surface area contributed by atoms with Crippen molar-refractivity contribution < 1.29 is 22.7 Å². The van der Waals surface area contributed by atoms with E-state index in [1.165, 1.54) is 25.6 Å². The van der Waals surface area contributed by atoms with Crippen molar-refractivity contribution in [3.05, 3.63) is 47.2 Å². The number of hydrogen-bond acceptors (Lipinski definition) is 6. The second-order valence-corrected chi connectivity index (χ2v) is 7.29. The van der Waals surface area contributed by atoms with Gasteiger partial charge in [-0.2, -0.15) is 18.3 Å². The molecule has 164 valence electrons. The minimum atomic E-state index is -4.57. The summed E-state index contributed by atoms with van der Waals surface area (Å²) < 4.78 is 46.5. The van der Waals surface area contributed by atoms with Gasteiger partial charge in [-0.15, -0.1) is 0 Å². The summed E-state index contributed by atoms with van der Waals surface area (Å²) in [7, 11) is 1.42. The maximum atomic E-state index is 13.6. The molecule has 8 nitrogen and oxygen atoms in total. The van der Waals surface area contributed by atoms with Gasteiger partial charge in [-0.25, -0.2) is 19.5 Å². The highest BCUT2D eigenvalue weighted by molar-refractivity contribution is 5.94. The van der Waals surface area contributed by atoms with E-state index in [4.69, 9.17) is 4.74 Å². The number of fused-ring (bicyclic) bond motifs is 1. The molecule has 11 heteroatoms. The average Bonchev–Trinajstić information content (AvgIpc) is 3.21. The summed E-state index contributed by atoms with van der Waals surface area (Å²) in [6.07, 6.45) is 0.762. The Labute approximate surface area is 176 Å². The van der Waals surface area contributed by atoms with Gasteiger partial charge in [0.05, 0.1) is 24.4 Å². The van der Waals surface area contributed by atoms with E-state index in [0.29, 0.717) is 30.8 Å². The van der Waals surface area contributed by atoms with Gasteiger partial charge in [0.15, 0.2) is 5.65 Å². The number of rotatable bonds is 4. The lowest BCUT2D eigenvalue weighted by Gasteiger charge is -2.34. The largest absolute Gasteiger partial charge is 0.467 e. The van der Waals surface area contributed by atoms with Crippen LogP contribution in [0.15, 0.2) is 24.5 Å². The fraction of sp³-hybridized carbons (Fsp3) is 0.450. The van der Waals surface area contributed by atoms with Crippen molar-refractivity contribution in [1.29, 1.82) is 0 Å². The minimum Gasteiger partial charge on any atom is -0.467 e. The van der Waals surface area contributed by atoms with Crippen LogP contribution in [0.2, 0.25) is 0 Å². The third-order valence-corrected chi connectivity index (χ3v) is 5.31. The van der Waals surface area contributed by atoms with Crippen molar-refractivity contribution >= 4 is 11.6 Å². The van der Waals surface area contributed by atoms with Gasteiger partial charge in [0.1, 0.15) is 5.69 Å². The number of amides is 1. The summed E-state index contributed by atoms with van der Waals surface area (Å²) in [6, 6.07) is 2.23. The van der Waals surface area contributed by atoms with Crippen molar-refractivity contribution in [3.8, 4) is 6.01 Å². The van der Waals surface area contributed by atoms with Crippen LogP contribution in [0.5, 0.6) is 6.01 Å². The van der Waals surface area contributed by atoms with Crippen LogP contribution in [-0.4, -0.2) is 49.0 Å². The first kappa shape index (κ1) is 21.0. The Bertz CT molecular complexity index is 1100. The second kappa shape index (κ2) is 8.12.